The van der Waals surface area contributed by atoms with Gasteiger partial charge < -0.3 is 23.5 Å². The molecule has 0 amide bonds. The van der Waals surface area contributed by atoms with Gasteiger partial charge in [0, 0.05) is 25.6 Å². The van der Waals surface area contributed by atoms with Gasteiger partial charge in [-0.3, -0.25) is 0 Å². The quantitative estimate of drug-likeness (QED) is 0.265. The van der Waals surface area contributed by atoms with Crippen molar-refractivity contribution in [2.24, 2.45) is 0 Å². The molecule has 0 unspecified atom stereocenters. The van der Waals surface area contributed by atoms with Crippen molar-refractivity contribution in [3.63, 3.8) is 0 Å². The lowest BCUT2D eigenvalue weighted by Gasteiger charge is -2.04. The number of ether oxygens (including phenoxy) is 3. The summed E-state index contributed by atoms with van der Waals surface area (Å²) < 4.78 is 19.0. The Kier molecular flexibility index (Phi) is 20.6. The Morgan fingerprint density at radius 2 is 1.67 bits per heavy atom. The Morgan fingerprint density at radius 3 is 2.00 bits per heavy atom. The number of hydrogen-bond acceptors (Lipinski definition) is 7. The van der Waals surface area contributed by atoms with Gasteiger partial charge in [-0.05, 0) is 6.92 Å². The third-order valence-corrected chi connectivity index (χ3v) is 1.62. The zero-order valence-corrected chi connectivity index (χ0v) is 11.6. The molecule has 0 aliphatic heterocycles. The molecule has 0 bridgehead atoms. The zero-order chi connectivity index (χ0) is 14.1. The molecule has 0 aliphatic carbocycles. The van der Waals surface area contributed by atoms with E-state index in [9.17, 15) is 4.79 Å². The van der Waals surface area contributed by atoms with E-state index in [1.54, 1.807) is 0 Å². The van der Waals surface area contributed by atoms with Gasteiger partial charge in [-0.1, -0.05) is 6.58 Å². The fourth-order valence-corrected chi connectivity index (χ4v) is 0.761. The number of carbonyl (C=O) groups excluding carboxylic acids is 1. The molecule has 7 heteroatoms. The standard InChI is InChI=1S/C8H18O4.C3H4O2S/c1-2-10-5-6-12-8-7-11-4-3-9;1-2-3(4)5-6/h9H,2-8H2,1H3;2,6H,1H2. The fourth-order valence-electron chi connectivity index (χ4n) is 0.686. The van der Waals surface area contributed by atoms with Crippen molar-refractivity contribution in [3.05, 3.63) is 12.7 Å². The van der Waals surface area contributed by atoms with Gasteiger partial charge in [-0.2, -0.15) is 0 Å². The molecule has 18 heavy (non-hydrogen) atoms. The summed E-state index contributed by atoms with van der Waals surface area (Å²) in [4.78, 5) is 9.76. The number of thiol groups is 1. The molecule has 0 spiro atoms. The molecule has 0 aromatic carbocycles. The van der Waals surface area contributed by atoms with Crippen LogP contribution < -0.4 is 0 Å². The summed E-state index contributed by atoms with van der Waals surface area (Å²) in [6.07, 6.45) is 1.03. The summed E-state index contributed by atoms with van der Waals surface area (Å²) in [6.45, 7) is 8.58. The van der Waals surface area contributed by atoms with Crippen molar-refractivity contribution in [1.29, 1.82) is 0 Å². The van der Waals surface area contributed by atoms with Crippen molar-refractivity contribution in [2.45, 2.75) is 6.92 Å². The van der Waals surface area contributed by atoms with Crippen LogP contribution in [0, 0.1) is 0 Å². The molecule has 0 aromatic rings. The van der Waals surface area contributed by atoms with E-state index in [1.807, 2.05) is 6.92 Å². The van der Waals surface area contributed by atoms with E-state index in [-0.39, 0.29) is 6.61 Å². The zero-order valence-electron chi connectivity index (χ0n) is 10.7. The van der Waals surface area contributed by atoms with E-state index in [1.165, 1.54) is 0 Å². The molecule has 108 valence electrons. The average Bonchev–Trinajstić information content (AvgIpc) is 2.41. The maximum absolute atomic E-state index is 9.76. The van der Waals surface area contributed by atoms with Crippen LogP contribution in [0.1, 0.15) is 6.92 Å². The maximum Gasteiger partial charge on any atom is 0.341 e. The monoisotopic (exact) mass is 282 g/mol. The van der Waals surface area contributed by atoms with Gasteiger partial charge in [0.25, 0.3) is 0 Å². The lowest BCUT2D eigenvalue weighted by Crippen LogP contribution is -2.10. The topological polar surface area (TPSA) is 74.2 Å². The lowest BCUT2D eigenvalue weighted by atomic mass is 10.7. The first-order valence-electron chi connectivity index (χ1n) is 5.54. The second-order valence-electron chi connectivity index (χ2n) is 2.76. The van der Waals surface area contributed by atoms with Crippen LogP contribution in [0.15, 0.2) is 12.7 Å². The minimum Gasteiger partial charge on any atom is -0.394 e. The Labute approximate surface area is 113 Å². The highest BCUT2D eigenvalue weighted by Gasteiger charge is 1.88. The van der Waals surface area contributed by atoms with E-state index in [4.69, 9.17) is 19.3 Å². The normalized spacial score (nSPS) is 9.28. The molecule has 0 saturated carbocycles. The van der Waals surface area contributed by atoms with Gasteiger partial charge in [0.2, 0.25) is 0 Å². The third-order valence-electron chi connectivity index (χ3n) is 1.44. The lowest BCUT2D eigenvalue weighted by molar-refractivity contribution is -0.127. The van der Waals surface area contributed by atoms with Crippen LogP contribution in [0.2, 0.25) is 0 Å². The van der Waals surface area contributed by atoms with Crippen molar-refractivity contribution in [2.75, 3.05) is 46.2 Å². The van der Waals surface area contributed by atoms with Gasteiger partial charge in [-0.25, -0.2) is 4.79 Å². The van der Waals surface area contributed by atoms with E-state index in [0.717, 1.165) is 12.7 Å². The van der Waals surface area contributed by atoms with Gasteiger partial charge in [-0.15, -0.1) is 0 Å². The van der Waals surface area contributed by atoms with Gasteiger partial charge in [0.05, 0.1) is 39.6 Å². The Bertz CT molecular complexity index is 178. The summed E-state index contributed by atoms with van der Waals surface area (Å²) >= 11 is 3.17. The molecule has 6 nitrogen and oxygen atoms in total. The van der Waals surface area contributed by atoms with Crippen LogP contribution in [0.3, 0.4) is 0 Å². The Morgan fingerprint density at radius 1 is 1.17 bits per heavy atom. The maximum atomic E-state index is 9.76. The first-order valence-corrected chi connectivity index (χ1v) is 5.91. The van der Waals surface area contributed by atoms with Crippen LogP contribution in [-0.2, 0) is 23.2 Å². The van der Waals surface area contributed by atoms with Gasteiger partial charge in [0.15, 0.2) is 0 Å². The summed E-state index contributed by atoms with van der Waals surface area (Å²) in [5.74, 6) is -0.529. The second kappa shape index (κ2) is 18.8. The molecule has 1 N–H and O–H groups in total. The molecule has 0 saturated heterocycles. The third kappa shape index (κ3) is 20.8. The first-order chi connectivity index (χ1) is 8.72. The smallest absolute Gasteiger partial charge is 0.341 e. The van der Waals surface area contributed by atoms with E-state index < -0.39 is 5.97 Å². The number of hydrogen-bond donors (Lipinski definition) is 2. The summed E-state index contributed by atoms with van der Waals surface area (Å²) in [5.41, 5.74) is 0. The highest BCUT2D eigenvalue weighted by Crippen LogP contribution is 1.80. The first kappa shape index (κ1) is 19.7. The highest BCUT2D eigenvalue weighted by molar-refractivity contribution is 7.75. The molecule has 0 aliphatic rings. The van der Waals surface area contributed by atoms with Crippen LogP contribution in [0.4, 0.5) is 0 Å². The highest BCUT2D eigenvalue weighted by atomic mass is 32.1. The number of aliphatic hydroxyl groups is 1. The fraction of sp³-hybridized carbons (Fsp3) is 0.727. The Balaban J connectivity index is 0. The van der Waals surface area contributed by atoms with Gasteiger partial charge >= 0.3 is 5.97 Å². The largest absolute Gasteiger partial charge is 0.394 e. The molecule has 0 aromatic heterocycles. The molecule has 0 heterocycles. The minimum absolute atomic E-state index is 0.0684. The summed E-state index contributed by atoms with van der Waals surface area (Å²) in [6, 6.07) is 0. The number of rotatable bonds is 10. The molecular formula is C11H22O6S. The van der Waals surface area contributed by atoms with E-state index in [0.29, 0.717) is 33.0 Å². The summed E-state index contributed by atoms with van der Waals surface area (Å²) in [7, 11) is 0. The van der Waals surface area contributed by atoms with Gasteiger partial charge in [0.1, 0.15) is 0 Å². The van der Waals surface area contributed by atoms with Crippen molar-refractivity contribution in [3.8, 4) is 0 Å². The van der Waals surface area contributed by atoms with Crippen molar-refractivity contribution >= 4 is 18.9 Å². The number of carbonyl (C=O) groups is 1. The van der Waals surface area contributed by atoms with Crippen LogP contribution in [-0.4, -0.2) is 57.3 Å². The SMILES string of the molecule is C=CC(=O)OS.CCOCCOCCOCCO. The van der Waals surface area contributed by atoms with Crippen molar-refractivity contribution < 1.29 is 28.3 Å². The molecule has 0 radical (unpaired) electrons. The van der Waals surface area contributed by atoms with Crippen LogP contribution >= 0.6 is 12.9 Å². The predicted octanol–water partition coefficient (Wildman–Crippen LogP) is 0.609. The number of aliphatic hydroxyl groups excluding tert-OH is 1. The second-order valence-corrected chi connectivity index (χ2v) is 2.94. The average molecular weight is 282 g/mol. The predicted molar refractivity (Wildman–Crippen MR) is 70.5 cm³/mol. The Hall–Kier alpha value is -0.600. The van der Waals surface area contributed by atoms with Crippen LogP contribution in [0.5, 0.6) is 0 Å². The van der Waals surface area contributed by atoms with E-state index >= 15 is 0 Å². The van der Waals surface area contributed by atoms with Crippen molar-refractivity contribution in [1.82, 2.24) is 0 Å². The molecule has 0 atom stereocenters. The summed E-state index contributed by atoms with van der Waals surface area (Å²) in [5, 5.41) is 8.35. The van der Waals surface area contributed by atoms with Crippen LogP contribution in [0.25, 0.3) is 0 Å². The van der Waals surface area contributed by atoms with E-state index in [2.05, 4.69) is 23.7 Å². The minimum atomic E-state index is -0.529. The molecule has 0 fully saturated rings. The molecule has 0 rings (SSSR count). The molecular weight excluding hydrogens is 260 g/mol.